The molecule has 0 bridgehead atoms. The standard InChI is InChI=1S/C10H11NO2S2/c1-3-7-5-8(10(12)13-4-2)9(15-7)11-6-14/h5H,3-4H2,1-2H3. The molecular formula is C10H11NO2S2. The Labute approximate surface area is 97.8 Å². The number of thiocarbonyl (C=S) groups is 1. The maximum absolute atomic E-state index is 11.5. The number of hydrogen-bond acceptors (Lipinski definition) is 5. The monoisotopic (exact) mass is 241 g/mol. The van der Waals surface area contributed by atoms with E-state index in [9.17, 15) is 4.79 Å². The van der Waals surface area contributed by atoms with E-state index in [1.165, 1.54) is 11.3 Å². The van der Waals surface area contributed by atoms with Gasteiger partial charge < -0.3 is 4.74 Å². The van der Waals surface area contributed by atoms with E-state index in [0.29, 0.717) is 17.2 Å². The second-order valence-electron chi connectivity index (χ2n) is 2.71. The van der Waals surface area contributed by atoms with Crippen molar-refractivity contribution in [2.24, 2.45) is 4.99 Å². The predicted octanol–water partition coefficient (Wildman–Crippen LogP) is 3.22. The van der Waals surface area contributed by atoms with Crippen LogP contribution in [0.3, 0.4) is 0 Å². The van der Waals surface area contributed by atoms with Crippen molar-refractivity contribution in [1.29, 1.82) is 0 Å². The van der Waals surface area contributed by atoms with Crippen LogP contribution in [0.25, 0.3) is 0 Å². The van der Waals surface area contributed by atoms with Crippen LogP contribution in [0.1, 0.15) is 29.1 Å². The lowest BCUT2D eigenvalue weighted by Crippen LogP contribution is -2.03. The summed E-state index contributed by atoms with van der Waals surface area (Å²) in [5, 5.41) is 2.85. The molecule has 0 aromatic carbocycles. The second-order valence-corrected chi connectivity index (χ2v) is 4.01. The van der Waals surface area contributed by atoms with E-state index < -0.39 is 0 Å². The lowest BCUT2D eigenvalue weighted by atomic mass is 10.2. The molecule has 0 unspecified atom stereocenters. The van der Waals surface area contributed by atoms with E-state index in [-0.39, 0.29) is 5.97 Å². The average Bonchev–Trinajstić information content (AvgIpc) is 2.62. The number of rotatable bonds is 4. The highest BCUT2D eigenvalue weighted by atomic mass is 32.1. The summed E-state index contributed by atoms with van der Waals surface area (Å²) in [5.74, 6) is -0.350. The molecule has 0 amide bonds. The number of ether oxygens (including phenoxy) is 1. The molecule has 3 nitrogen and oxygen atoms in total. The predicted molar refractivity (Wildman–Crippen MR) is 64.3 cm³/mol. The van der Waals surface area contributed by atoms with Gasteiger partial charge in [0.1, 0.15) is 5.00 Å². The smallest absolute Gasteiger partial charge is 0.341 e. The second kappa shape index (κ2) is 5.75. The van der Waals surface area contributed by atoms with Gasteiger partial charge in [-0.3, -0.25) is 0 Å². The highest BCUT2D eigenvalue weighted by Crippen LogP contribution is 2.31. The first-order valence-corrected chi connectivity index (χ1v) is 5.83. The van der Waals surface area contributed by atoms with E-state index >= 15 is 0 Å². The molecule has 0 spiro atoms. The molecule has 1 heterocycles. The van der Waals surface area contributed by atoms with E-state index in [1.807, 2.05) is 6.92 Å². The first kappa shape index (κ1) is 12.0. The summed E-state index contributed by atoms with van der Waals surface area (Å²) in [4.78, 5) is 16.5. The average molecular weight is 241 g/mol. The van der Waals surface area contributed by atoms with Crippen molar-refractivity contribution in [3.8, 4) is 0 Å². The van der Waals surface area contributed by atoms with Gasteiger partial charge in [0, 0.05) is 4.88 Å². The maximum Gasteiger partial charge on any atom is 0.341 e. The number of nitrogens with zero attached hydrogens (tertiary/aromatic N) is 1. The van der Waals surface area contributed by atoms with Crippen molar-refractivity contribution in [2.75, 3.05) is 6.61 Å². The molecular weight excluding hydrogens is 230 g/mol. The summed E-state index contributed by atoms with van der Waals surface area (Å²) in [7, 11) is 0. The summed E-state index contributed by atoms with van der Waals surface area (Å²) in [6.45, 7) is 4.15. The van der Waals surface area contributed by atoms with Crippen LogP contribution in [0.5, 0.6) is 0 Å². The van der Waals surface area contributed by atoms with Crippen LogP contribution in [0.4, 0.5) is 5.00 Å². The number of carbonyl (C=O) groups excluding carboxylic acids is 1. The molecule has 15 heavy (non-hydrogen) atoms. The Balaban J connectivity index is 3.08. The van der Waals surface area contributed by atoms with Gasteiger partial charge in [0.05, 0.1) is 17.3 Å². The number of isothiocyanates is 1. The molecule has 5 heteroatoms. The van der Waals surface area contributed by atoms with Crippen molar-refractivity contribution in [3.05, 3.63) is 16.5 Å². The van der Waals surface area contributed by atoms with Crippen molar-refractivity contribution < 1.29 is 9.53 Å². The van der Waals surface area contributed by atoms with Crippen molar-refractivity contribution >= 4 is 39.7 Å². The number of hydrogen-bond donors (Lipinski definition) is 0. The Kier molecular flexibility index (Phi) is 4.62. The molecule has 0 aliphatic carbocycles. The van der Waals surface area contributed by atoms with Gasteiger partial charge >= 0.3 is 5.97 Å². The number of thiophene rings is 1. The minimum atomic E-state index is -0.350. The third-order valence-electron chi connectivity index (χ3n) is 1.75. The number of carbonyl (C=O) groups is 1. The molecule has 1 rings (SSSR count). The summed E-state index contributed by atoms with van der Waals surface area (Å²) in [6, 6.07) is 1.80. The highest BCUT2D eigenvalue weighted by Gasteiger charge is 2.15. The fourth-order valence-corrected chi connectivity index (χ4v) is 2.15. The van der Waals surface area contributed by atoms with Crippen LogP contribution in [0, 0.1) is 0 Å². The van der Waals surface area contributed by atoms with Crippen LogP contribution < -0.4 is 0 Å². The summed E-state index contributed by atoms with van der Waals surface area (Å²) in [5.41, 5.74) is 0.482. The van der Waals surface area contributed by atoms with Crippen LogP contribution in [0.15, 0.2) is 11.1 Å². The molecule has 1 aromatic rings. The van der Waals surface area contributed by atoms with Crippen molar-refractivity contribution in [1.82, 2.24) is 0 Å². The topological polar surface area (TPSA) is 38.7 Å². The third-order valence-corrected chi connectivity index (χ3v) is 3.02. The Morgan fingerprint density at radius 1 is 1.67 bits per heavy atom. The summed E-state index contributed by atoms with van der Waals surface area (Å²) < 4.78 is 4.92. The number of aliphatic imine (C=N–C) groups is 1. The summed E-state index contributed by atoms with van der Waals surface area (Å²) in [6.07, 6.45) is 0.865. The van der Waals surface area contributed by atoms with Crippen molar-refractivity contribution in [3.63, 3.8) is 0 Å². The van der Waals surface area contributed by atoms with Crippen LogP contribution >= 0.6 is 23.6 Å². The first-order chi connectivity index (χ1) is 7.22. The fraction of sp³-hybridized carbons (Fsp3) is 0.400. The minimum absolute atomic E-state index is 0.350. The molecule has 0 atom stereocenters. The molecule has 0 saturated carbocycles. The van der Waals surface area contributed by atoms with Gasteiger partial charge in [0.2, 0.25) is 0 Å². The SMILES string of the molecule is CCOC(=O)c1cc(CC)sc1N=C=S. The van der Waals surface area contributed by atoms with Crippen LogP contribution in [-0.4, -0.2) is 17.7 Å². The van der Waals surface area contributed by atoms with Gasteiger partial charge in [-0.15, -0.1) is 11.3 Å². The molecule has 0 saturated heterocycles. The zero-order valence-corrected chi connectivity index (χ0v) is 10.2. The zero-order valence-electron chi connectivity index (χ0n) is 8.57. The molecule has 1 aromatic heterocycles. The Hall–Kier alpha value is -1.03. The Bertz CT molecular complexity index is 406. The van der Waals surface area contributed by atoms with E-state index in [4.69, 9.17) is 4.74 Å². The van der Waals surface area contributed by atoms with Gasteiger partial charge in [0.15, 0.2) is 0 Å². The quantitative estimate of drug-likeness (QED) is 0.461. The van der Waals surface area contributed by atoms with Crippen molar-refractivity contribution in [2.45, 2.75) is 20.3 Å². The minimum Gasteiger partial charge on any atom is -0.462 e. The number of aryl methyl sites for hydroxylation is 1. The van der Waals surface area contributed by atoms with Crippen LogP contribution in [0.2, 0.25) is 0 Å². The van der Waals surface area contributed by atoms with Gasteiger partial charge in [-0.05, 0) is 31.6 Å². The van der Waals surface area contributed by atoms with E-state index in [1.54, 1.807) is 13.0 Å². The highest BCUT2D eigenvalue weighted by molar-refractivity contribution is 7.78. The molecule has 0 aliphatic heterocycles. The maximum atomic E-state index is 11.5. The molecule has 0 aliphatic rings. The Morgan fingerprint density at radius 3 is 2.93 bits per heavy atom. The zero-order chi connectivity index (χ0) is 11.3. The molecule has 0 N–H and O–H groups in total. The normalized spacial score (nSPS) is 9.47. The van der Waals surface area contributed by atoms with Gasteiger partial charge in [-0.1, -0.05) is 6.92 Å². The lowest BCUT2D eigenvalue weighted by molar-refractivity contribution is 0.0528. The lowest BCUT2D eigenvalue weighted by Gasteiger charge is -1.98. The van der Waals surface area contributed by atoms with Crippen LogP contribution in [-0.2, 0) is 11.2 Å². The molecule has 0 fully saturated rings. The fourth-order valence-electron chi connectivity index (χ4n) is 1.09. The Morgan fingerprint density at radius 2 is 2.40 bits per heavy atom. The largest absolute Gasteiger partial charge is 0.462 e. The van der Waals surface area contributed by atoms with Gasteiger partial charge in [0.25, 0.3) is 0 Å². The van der Waals surface area contributed by atoms with Gasteiger partial charge in [-0.2, -0.15) is 4.99 Å². The molecule has 0 radical (unpaired) electrons. The van der Waals surface area contributed by atoms with E-state index in [2.05, 4.69) is 22.4 Å². The third kappa shape index (κ3) is 2.96. The number of esters is 1. The summed E-state index contributed by atoms with van der Waals surface area (Å²) >= 11 is 5.97. The van der Waals surface area contributed by atoms with E-state index in [0.717, 1.165) is 11.3 Å². The molecule has 80 valence electrons. The van der Waals surface area contributed by atoms with Gasteiger partial charge in [-0.25, -0.2) is 4.79 Å². The first-order valence-electron chi connectivity index (χ1n) is 4.60.